The van der Waals surface area contributed by atoms with Crippen molar-refractivity contribution in [3.05, 3.63) is 0 Å². The number of phosphoric acid groups is 1. The monoisotopic (exact) mass is 260 g/mol. The van der Waals surface area contributed by atoms with E-state index in [1.54, 1.807) is 0 Å². The van der Waals surface area contributed by atoms with Gasteiger partial charge >= 0.3 is 13.9 Å². The molecular formula is C8H15F2O5P. The third-order valence-electron chi connectivity index (χ3n) is 2.57. The van der Waals surface area contributed by atoms with E-state index in [-0.39, 0.29) is 6.42 Å². The summed E-state index contributed by atoms with van der Waals surface area (Å²) in [5.41, 5.74) is 0. The second-order valence-electron chi connectivity index (χ2n) is 3.71. The molecule has 0 saturated heterocycles. The van der Waals surface area contributed by atoms with Crippen LogP contribution in [-0.2, 0) is 18.1 Å². The highest BCUT2D eigenvalue weighted by molar-refractivity contribution is 7.48. The van der Waals surface area contributed by atoms with Gasteiger partial charge in [-0.15, -0.1) is 0 Å². The Balaban J connectivity index is 2.63. The molecule has 0 aromatic rings. The maximum absolute atomic E-state index is 13.4. The maximum atomic E-state index is 13.4. The first-order valence-corrected chi connectivity index (χ1v) is 6.20. The Labute approximate surface area is 92.3 Å². The van der Waals surface area contributed by atoms with Gasteiger partial charge in [0.15, 0.2) is 0 Å². The molecule has 0 heterocycles. The average Bonchev–Trinajstić information content (AvgIpc) is 2.97. The number of halogens is 2. The highest BCUT2D eigenvalue weighted by Crippen LogP contribution is 2.59. The van der Waals surface area contributed by atoms with Gasteiger partial charge in [0.25, 0.3) is 0 Å². The van der Waals surface area contributed by atoms with Crippen LogP contribution in [0.4, 0.5) is 8.78 Å². The van der Waals surface area contributed by atoms with Gasteiger partial charge in [-0.1, -0.05) is 0 Å². The third-order valence-corrected chi connectivity index (χ3v) is 3.93. The smallest absolute Gasteiger partial charge is 0.393 e. The minimum absolute atomic E-state index is 0.123. The van der Waals surface area contributed by atoms with E-state index in [4.69, 9.17) is 5.11 Å². The topological polar surface area (TPSA) is 65.0 Å². The quantitative estimate of drug-likeness (QED) is 0.740. The first-order chi connectivity index (χ1) is 7.25. The van der Waals surface area contributed by atoms with E-state index < -0.39 is 31.9 Å². The van der Waals surface area contributed by atoms with Crippen molar-refractivity contribution in [2.24, 2.45) is 11.8 Å². The number of aliphatic hydroxyl groups is 1. The van der Waals surface area contributed by atoms with Crippen molar-refractivity contribution in [1.29, 1.82) is 0 Å². The molecule has 1 N–H and O–H groups in total. The molecule has 1 aliphatic rings. The normalized spacial score (nSPS) is 27.9. The third kappa shape index (κ3) is 2.99. The zero-order chi connectivity index (χ0) is 12.6. The highest BCUT2D eigenvalue weighted by Gasteiger charge is 2.60. The Hall–Kier alpha value is -0.0700. The summed E-state index contributed by atoms with van der Waals surface area (Å²) in [4.78, 5) is 0. The summed E-state index contributed by atoms with van der Waals surface area (Å²) in [6.45, 7) is 1.42. The zero-order valence-electron chi connectivity index (χ0n) is 9.22. The van der Waals surface area contributed by atoms with Crippen LogP contribution in [0, 0.1) is 11.8 Å². The Bertz CT molecular complexity index is 288. The van der Waals surface area contributed by atoms with Gasteiger partial charge in [0, 0.05) is 14.2 Å². The molecule has 0 radical (unpaired) electrons. The van der Waals surface area contributed by atoms with Crippen LogP contribution in [-0.4, -0.2) is 31.5 Å². The van der Waals surface area contributed by atoms with Crippen molar-refractivity contribution in [3.63, 3.8) is 0 Å². The van der Waals surface area contributed by atoms with Crippen molar-refractivity contribution < 1.29 is 32.0 Å². The molecule has 0 aliphatic heterocycles. The lowest BCUT2D eigenvalue weighted by Gasteiger charge is -2.21. The lowest BCUT2D eigenvalue weighted by atomic mass is 10.2. The van der Waals surface area contributed by atoms with E-state index >= 15 is 0 Å². The van der Waals surface area contributed by atoms with Crippen molar-refractivity contribution in [1.82, 2.24) is 0 Å². The summed E-state index contributed by atoms with van der Waals surface area (Å²) in [5.74, 6) is -1.69. The zero-order valence-corrected chi connectivity index (χ0v) is 10.1. The number of alkyl halides is 2. The fourth-order valence-corrected chi connectivity index (χ4v) is 2.23. The first kappa shape index (κ1) is 14.0. The van der Waals surface area contributed by atoms with Gasteiger partial charge in [0.2, 0.25) is 0 Å². The number of hydrogen-bond donors (Lipinski definition) is 1. The molecule has 1 rings (SSSR count). The van der Waals surface area contributed by atoms with Gasteiger partial charge < -0.3 is 5.11 Å². The number of rotatable bonds is 6. The first-order valence-electron chi connectivity index (χ1n) is 4.74. The second-order valence-corrected chi connectivity index (χ2v) is 5.52. The van der Waals surface area contributed by atoms with Gasteiger partial charge in [-0.3, -0.25) is 9.05 Å². The Morgan fingerprint density at radius 1 is 1.44 bits per heavy atom. The summed E-state index contributed by atoms with van der Waals surface area (Å²) >= 11 is 0. The molecule has 0 spiro atoms. The summed E-state index contributed by atoms with van der Waals surface area (Å²) in [7, 11) is -2.29. The number of phosphoric ester groups is 1. The summed E-state index contributed by atoms with van der Waals surface area (Å²) < 4.78 is 50.8. The lowest BCUT2D eigenvalue weighted by Crippen LogP contribution is -2.25. The van der Waals surface area contributed by atoms with Crippen molar-refractivity contribution in [3.8, 4) is 0 Å². The number of hydrogen-bond acceptors (Lipinski definition) is 5. The molecular weight excluding hydrogens is 245 g/mol. The average molecular weight is 260 g/mol. The summed E-state index contributed by atoms with van der Waals surface area (Å²) in [5, 5.41) is 9.12. The van der Waals surface area contributed by atoms with Crippen LogP contribution >= 0.6 is 7.82 Å². The molecule has 0 aromatic heterocycles. The van der Waals surface area contributed by atoms with E-state index in [2.05, 4.69) is 13.6 Å². The van der Waals surface area contributed by atoms with E-state index in [1.165, 1.54) is 6.92 Å². The Kier molecular flexibility index (Phi) is 4.08. The molecule has 3 atom stereocenters. The summed E-state index contributed by atoms with van der Waals surface area (Å²) in [6.07, 6.45) is -4.34. The van der Waals surface area contributed by atoms with Crippen molar-refractivity contribution in [2.75, 3.05) is 14.2 Å². The van der Waals surface area contributed by atoms with Gasteiger partial charge in [0.05, 0.1) is 12.0 Å². The van der Waals surface area contributed by atoms with Crippen LogP contribution in [0.5, 0.6) is 0 Å². The molecule has 0 unspecified atom stereocenters. The molecule has 1 fully saturated rings. The fraction of sp³-hybridized carbons (Fsp3) is 1.00. The molecule has 8 heteroatoms. The van der Waals surface area contributed by atoms with Crippen LogP contribution in [0.2, 0.25) is 0 Å². The van der Waals surface area contributed by atoms with Crippen LogP contribution in [0.25, 0.3) is 0 Å². The Morgan fingerprint density at radius 2 is 1.94 bits per heavy atom. The largest absolute Gasteiger partial charge is 0.479 e. The molecule has 0 bridgehead atoms. The van der Waals surface area contributed by atoms with Gasteiger partial charge in [-0.2, -0.15) is 8.78 Å². The van der Waals surface area contributed by atoms with Crippen LogP contribution in [0.1, 0.15) is 13.3 Å². The molecule has 16 heavy (non-hydrogen) atoms. The molecule has 1 saturated carbocycles. The standard InChI is InChI=1S/C8H15F2O5P/c1-5(11)6-4-7(6)8(9,10)15-16(12,13-2)14-3/h5-7,11H,4H2,1-3H3/t5-,6-,7+/m1/s1. The second kappa shape index (κ2) is 4.66. The molecule has 0 aromatic carbocycles. The van der Waals surface area contributed by atoms with E-state index in [1.807, 2.05) is 0 Å². The minimum atomic E-state index is -4.20. The summed E-state index contributed by atoms with van der Waals surface area (Å²) in [6, 6.07) is 0. The molecule has 5 nitrogen and oxygen atoms in total. The number of aliphatic hydroxyl groups excluding tert-OH is 1. The van der Waals surface area contributed by atoms with Gasteiger partial charge in [-0.05, 0) is 19.3 Å². The van der Waals surface area contributed by atoms with E-state index in [0.29, 0.717) is 0 Å². The van der Waals surface area contributed by atoms with Crippen LogP contribution in [0.15, 0.2) is 0 Å². The molecule has 0 amide bonds. The predicted molar refractivity (Wildman–Crippen MR) is 50.9 cm³/mol. The van der Waals surface area contributed by atoms with Gasteiger partial charge in [-0.25, -0.2) is 9.09 Å². The van der Waals surface area contributed by atoms with E-state index in [0.717, 1.165) is 14.2 Å². The predicted octanol–water partition coefficient (Wildman–Crippen LogP) is 2.01. The minimum Gasteiger partial charge on any atom is -0.393 e. The Morgan fingerprint density at radius 3 is 2.25 bits per heavy atom. The fourth-order valence-electron chi connectivity index (χ4n) is 1.50. The van der Waals surface area contributed by atoms with Crippen molar-refractivity contribution in [2.45, 2.75) is 25.6 Å². The SMILES string of the molecule is COP(=O)(OC)OC(F)(F)[C@H]1C[C@@H]1[C@@H](C)O. The van der Waals surface area contributed by atoms with Gasteiger partial charge in [0.1, 0.15) is 0 Å². The molecule has 96 valence electrons. The highest BCUT2D eigenvalue weighted by atomic mass is 31.2. The molecule has 1 aliphatic carbocycles. The maximum Gasteiger partial charge on any atom is 0.479 e. The lowest BCUT2D eigenvalue weighted by molar-refractivity contribution is -0.208. The van der Waals surface area contributed by atoms with Crippen LogP contribution < -0.4 is 0 Å². The van der Waals surface area contributed by atoms with E-state index in [9.17, 15) is 13.3 Å². The van der Waals surface area contributed by atoms with Crippen LogP contribution in [0.3, 0.4) is 0 Å². The van der Waals surface area contributed by atoms with Crippen molar-refractivity contribution >= 4 is 7.82 Å².